The summed E-state index contributed by atoms with van der Waals surface area (Å²) in [6.45, 7) is 0.986. The highest BCUT2D eigenvalue weighted by Gasteiger charge is 2.22. The van der Waals surface area contributed by atoms with Crippen molar-refractivity contribution in [3.8, 4) is 6.07 Å². The van der Waals surface area contributed by atoms with Gasteiger partial charge in [-0.05, 0) is 12.8 Å². The van der Waals surface area contributed by atoms with Crippen LogP contribution in [0.4, 0.5) is 0 Å². The molecule has 1 aliphatic heterocycles. The molecular weight excluding hydrogens is 190 g/mol. The molecule has 0 radical (unpaired) electrons. The summed E-state index contributed by atoms with van der Waals surface area (Å²) in [5.74, 6) is 0. The average molecular weight is 203 g/mol. The Hall–Kier alpha value is -0.640. The lowest BCUT2D eigenvalue weighted by atomic mass is 10.2. The molecule has 1 heterocycles. The van der Waals surface area contributed by atoms with Crippen molar-refractivity contribution in [2.75, 3.05) is 19.6 Å². The lowest BCUT2D eigenvalue weighted by Gasteiger charge is -2.25. The maximum Gasteiger partial charge on any atom is 0.280 e. The Morgan fingerprint density at radius 1 is 1.31 bits per heavy atom. The van der Waals surface area contributed by atoms with Gasteiger partial charge >= 0.3 is 0 Å². The van der Waals surface area contributed by atoms with Crippen LogP contribution in [0.3, 0.4) is 0 Å². The number of hydrogen-bond acceptors (Lipinski definition) is 3. The van der Waals surface area contributed by atoms with E-state index in [1.54, 1.807) is 6.07 Å². The highest BCUT2D eigenvalue weighted by Crippen LogP contribution is 2.11. The molecule has 74 valence electrons. The third kappa shape index (κ3) is 2.95. The van der Waals surface area contributed by atoms with Crippen LogP contribution in [-0.4, -0.2) is 32.4 Å². The molecule has 0 unspecified atom stereocenters. The van der Waals surface area contributed by atoms with Crippen LogP contribution in [-0.2, 0) is 10.2 Å². The SMILES string of the molecule is N#CCNS(=O)(=O)N1CCCCC1. The summed E-state index contributed by atoms with van der Waals surface area (Å²) in [7, 11) is -3.38. The summed E-state index contributed by atoms with van der Waals surface area (Å²) in [4.78, 5) is 0. The summed E-state index contributed by atoms with van der Waals surface area (Å²) in [5, 5.41) is 8.23. The van der Waals surface area contributed by atoms with Crippen molar-refractivity contribution in [1.82, 2.24) is 9.03 Å². The number of piperidine rings is 1. The van der Waals surface area contributed by atoms with Gasteiger partial charge in [0.1, 0.15) is 0 Å². The molecule has 1 saturated heterocycles. The standard InChI is InChI=1S/C7H13N3O2S/c8-4-5-9-13(11,12)10-6-2-1-3-7-10/h9H,1-3,5-7H2. The lowest BCUT2D eigenvalue weighted by Crippen LogP contribution is -2.43. The first-order valence-corrected chi connectivity index (χ1v) is 5.72. The summed E-state index contributed by atoms with van der Waals surface area (Å²) >= 11 is 0. The normalized spacial score (nSPS) is 19.6. The fourth-order valence-corrected chi connectivity index (χ4v) is 2.49. The first-order chi connectivity index (χ1) is 6.17. The Labute approximate surface area is 78.5 Å². The smallest absolute Gasteiger partial charge is 0.197 e. The van der Waals surface area contributed by atoms with Crippen molar-refractivity contribution in [2.45, 2.75) is 19.3 Å². The molecule has 0 aromatic heterocycles. The van der Waals surface area contributed by atoms with Gasteiger partial charge in [-0.1, -0.05) is 6.42 Å². The summed E-state index contributed by atoms with van der Waals surface area (Å²) < 4.78 is 26.4. The summed E-state index contributed by atoms with van der Waals surface area (Å²) in [6, 6.07) is 1.75. The van der Waals surface area contributed by atoms with Gasteiger partial charge in [0.25, 0.3) is 10.2 Å². The molecule has 0 aromatic rings. The van der Waals surface area contributed by atoms with Crippen molar-refractivity contribution in [3.05, 3.63) is 0 Å². The zero-order chi connectivity index (χ0) is 9.73. The van der Waals surface area contributed by atoms with E-state index < -0.39 is 10.2 Å². The number of nitrogens with one attached hydrogen (secondary N) is 1. The second kappa shape index (κ2) is 4.56. The van der Waals surface area contributed by atoms with Gasteiger partial charge in [-0.25, -0.2) is 0 Å². The average Bonchev–Trinajstić information content (AvgIpc) is 2.16. The molecule has 0 saturated carbocycles. The molecule has 1 aliphatic rings. The third-order valence-corrected chi connectivity index (χ3v) is 3.54. The number of nitrogens with zero attached hydrogens (tertiary/aromatic N) is 2. The highest BCUT2D eigenvalue weighted by atomic mass is 32.2. The Kier molecular flexibility index (Phi) is 3.66. The van der Waals surface area contributed by atoms with Gasteiger partial charge < -0.3 is 0 Å². The predicted molar refractivity (Wildman–Crippen MR) is 48.0 cm³/mol. The summed E-state index contributed by atoms with van der Waals surface area (Å²) in [6.07, 6.45) is 2.91. The van der Waals surface area contributed by atoms with Gasteiger partial charge in [-0.15, -0.1) is 0 Å². The molecule has 0 aromatic carbocycles. The maximum absolute atomic E-state index is 11.4. The molecule has 13 heavy (non-hydrogen) atoms. The van der Waals surface area contributed by atoms with E-state index in [1.165, 1.54) is 4.31 Å². The first kappa shape index (κ1) is 10.4. The van der Waals surface area contributed by atoms with Gasteiger partial charge in [-0.3, -0.25) is 0 Å². The highest BCUT2D eigenvalue weighted by molar-refractivity contribution is 7.87. The quantitative estimate of drug-likeness (QED) is 0.647. The van der Waals surface area contributed by atoms with E-state index >= 15 is 0 Å². The van der Waals surface area contributed by atoms with Crippen LogP contribution in [0.15, 0.2) is 0 Å². The molecule has 5 nitrogen and oxygen atoms in total. The molecule has 1 N–H and O–H groups in total. The van der Waals surface area contributed by atoms with E-state index in [-0.39, 0.29) is 6.54 Å². The van der Waals surface area contributed by atoms with Crippen LogP contribution in [0.5, 0.6) is 0 Å². The molecule has 6 heteroatoms. The van der Waals surface area contributed by atoms with E-state index in [9.17, 15) is 8.42 Å². The molecule has 0 atom stereocenters. The summed E-state index contributed by atoms with van der Waals surface area (Å²) in [5.41, 5.74) is 0. The fourth-order valence-electron chi connectivity index (χ4n) is 1.32. The van der Waals surface area contributed by atoms with Crippen LogP contribution < -0.4 is 4.72 Å². The van der Waals surface area contributed by atoms with Gasteiger partial charge in [0.15, 0.2) is 0 Å². The van der Waals surface area contributed by atoms with E-state index in [0.717, 1.165) is 19.3 Å². The topological polar surface area (TPSA) is 73.2 Å². The Morgan fingerprint density at radius 3 is 2.46 bits per heavy atom. The third-order valence-electron chi connectivity index (χ3n) is 1.99. The second-order valence-corrected chi connectivity index (χ2v) is 4.70. The molecule has 0 aliphatic carbocycles. The monoisotopic (exact) mass is 203 g/mol. The molecule has 0 spiro atoms. The number of rotatable bonds is 3. The minimum Gasteiger partial charge on any atom is -0.197 e. The van der Waals surface area contributed by atoms with E-state index in [0.29, 0.717) is 13.1 Å². The van der Waals surface area contributed by atoms with Crippen molar-refractivity contribution in [2.24, 2.45) is 0 Å². The van der Waals surface area contributed by atoms with Crippen LogP contribution in [0.25, 0.3) is 0 Å². The molecular formula is C7H13N3O2S. The van der Waals surface area contributed by atoms with E-state index in [1.807, 2.05) is 0 Å². The first-order valence-electron chi connectivity index (χ1n) is 4.28. The van der Waals surface area contributed by atoms with Crippen LogP contribution >= 0.6 is 0 Å². The van der Waals surface area contributed by atoms with Crippen LogP contribution in [0.1, 0.15) is 19.3 Å². The molecule has 1 rings (SSSR count). The van der Waals surface area contributed by atoms with Crippen LogP contribution in [0, 0.1) is 11.3 Å². The minimum atomic E-state index is -3.38. The van der Waals surface area contributed by atoms with Gasteiger partial charge in [-0.2, -0.15) is 22.7 Å². The zero-order valence-corrected chi connectivity index (χ0v) is 8.18. The van der Waals surface area contributed by atoms with Crippen LogP contribution in [0.2, 0.25) is 0 Å². The molecule has 0 amide bonds. The van der Waals surface area contributed by atoms with Gasteiger partial charge in [0.05, 0.1) is 12.6 Å². The minimum absolute atomic E-state index is 0.154. The van der Waals surface area contributed by atoms with Gasteiger partial charge in [0.2, 0.25) is 0 Å². The Balaban J connectivity index is 2.53. The predicted octanol–water partition coefficient (Wildman–Crippen LogP) is -0.170. The van der Waals surface area contributed by atoms with E-state index in [2.05, 4.69) is 4.72 Å². The van der Waals surface area contributed by atoms with Crippen molar-refractivity contribution < 1.29 is 8.42 Å². The zero-order valence-electron chi connectivity index (χ0n) is 7.36. The molecule has 0 bridgehead atoms. The largest absolute Gasteiger partial charge is 0.280 e. The van der Waals surface area contributed by atoms with E-state index in [4.69, 9.17) is 5.26 Å². The maximum atomic E-state index is 11.4. The van der Waals surface area contributed by atoms with Crippen molar-refractivity contribution in [3.63, 3.8) is 0 Å². The van der Waals surface area contributed by atoms with Crippen molar-refractivity contribution in [1.29, 1.82) is 5.26 Å². The fraction of sp³-hybridized carbons (Fsp3) is 0.857. The van der Waals surface area contributed by atoms with Gasteiger partial charge in [0, 0.05) is 13.1 Å². The van der Waals surface area contributed by atoms with Crippen molar-refractivity contribution >= 4 is 10.2 Å². The Morgan fingerprint density at radius 2 is 1.92 bits per heavy atom. The lowest BCUT2D eigenvalue weighted by molar-refractivity contribution is 0.342. The molecule has 1 fully saturated rings. The number of hydrogen-bond donors (Lipinski definition) is 1. The Bertz CT molecular complexity index is 287. The number of nitriles is 1. The second-order valence-electron chi connectivity index (χ2n) is 2.94.